The smallest absolute Gasteiger partial charge is 0.127 e. The van der Waals surface area contributed by atoms with E-state index in [-0.39, 0.29) is 0 Å². The number of nitrogens with one attached hydrogen (secondary N) is 1. The van der Waals surface area contributed by atoms with Crippen molar-refractivity contribution in [1.82, 2.24) is 10.3 Å². The fourth-order valence-corrected chi connectivity index (χ4v) is 3.98. The van der Waals surface area contributed by atoms with E-state index in [0.29, 0.717) is 0 Å². The van der Waals surface area contributed by atoms with Gasteiger partial charge in [0.25, 0.3) is 0 Å². The number of hydrogen-bond acceptors (Lipinski definition) is 4. The number of ether oxygens (including phenoxy) is 1. The molecule has 0 amide bonds. The summed E-state index contributed by atoms with van der Waals surface area (Å²) < 4.78 is 6.87. The Morgan fingerprint density at radius 3 is 2.95 bits per heavy atom. The summed E-state index contributed by atoms with van der Waals surface area (Å²) in [6.45, 7) is 6.60. The van der Waals surface area contributed by atoms with Crippen molar-refractivity contribution < 1.29 is 4.74 Å². The Kier molecular flexibility index (Phi) is 4.10. The Hall–Kier alpha value is -0.910. The summed E-state index contributed by atoms with van der Waals surface area (Å²) in [4.78, 5) is 5.77. The van der Waals surface area contributed by atoms with Crippen molar-refractivity contribution in [2.45, 2.75) is 33.4 Å². The average molecular weight is 353 g/mol. The van der Waals surface area contributed by atoms with Crippen molar-refractivity contribution in [3.63, 3.8) is 0 Å². The molecule has 0 spiro atoms. The van der Waals surface area contributed by atoms with Gasteiger partial charge in [0.15, 0.2) is 0 Å². The van der Waals surface area contributed by atoms with E-state index in [1.807, 2.05) is 0 Å². The number of rotatable bonds is 4. The van der Waals surface area contributed by atoms with Gasteiger partial charge >= 0.3 is 0 Å². The first-order valence-electron chi connectivity index (χ1n) is 6.71. The van der Waals surface area contributed by atoms with Crippen molar-refractivity contribution in [2.24, 2.45) is 0 Å². The second-order valence-electron chi connectivity index (χ2n) is 5.00. The number of aryl methyl sites for hydroxylation is 2. The van der Waals surface area contributed by atoms with Crippen molar-refractivity contribution in [2.75, 3.05) is 6.61 Å². The summed E-state index contributed by atoms with van der Waals surface area (Å²) in [7, 11) is 0. The molecule has 2 aromatic rings. The summed E-state index contributed by atoms with van der Waals surface area (Å²) in [5.74, 6) is 1.07. The molecule has 1 aromatic carbocycles. The van der Waals surface area contributed by atoms with Crippen LogP contribution in [0, 0.1) is 13.8 Å². The summed E-state index contributed by atoms with van der Waals surface area (Å²) in [5, 5.41) is 4.63. The van der Waals surface area contributed by atoms with Crippen molar-refractivity contribution >= 4 is 27.3 Å². The summed E-state index contributed by atoms with van der Waals surface area (Å²) >= 11 is 5.34. The van der Waals surface area contributed by atoms with Gasteiger partial charge in [0.2, 0.25) is 0 Å². The fourth-order valence-electron chi connectivity index (χ4n) is 2.53. The first kappa shape index (κ1) is 14.0. The van der Waals surface area contributed by atoms with E-state index in [0.717, 1.165) is 47.0 Å². The number of thiazole rings is 1. The lowest BCUT2D eigenvalue weighted by Crippen LogP contribution is -2.13. The third-order valence-corrected chi connectivity index (χ3v) is 4.96. The molecule has 0 bridgehead atoms. The normalized spacial score (nSPS) is 13.3. The molecule has 0 fully saturated rings. The van der Waals surface area contributed by atoms with Crippen molar-refractivity contribution in [1.29, 1.82) is 0 Å². The van der Waals surface area contributed by atoms with Crippen LogP contribution in [0.15, 0.2) is 16.6 Å². The minimum atomic E-state index is 0.798. The van der Waals surface area contributed by atoms with Crippen LogP contribution in [0.3, 0.4) is 0 Å². The third-order valence-electron chi connectivity index (χ3n) is 3.43. The molecule has 2 heterocycles. The number of benzene rings is 1. The first-order valence-corrected chi connectivity index (χ1v) is 8.32. The summed E-state index contributed by atoms with van der Waals surface area (Å²) in [6.07, 6.45) is 1.01. The molecule has 20 heavy (non-hydrogen) atoms. The molecule has 0 saturated carbocycles. The SMILES string of the molecule is Cc1nc(C)c(CNCc2cc(Br)cc3c2OCC3)s1. The zero-order valence-electron chi connectivity index (χ0n) is 11.6. The zero-order valence-corrected chi connectivity index (χ0v) is 14.0. The molecular formula is C15H17BrN2OS. The highest BCUT2D eigenvalue weighted by Crippen LogP contribution is 2.33. The van der Waals surface area contributed by atoms with Gasteiger partial charge < -0.3 is 10.1 Å². The number of halogens is 1. The maximum atomic E-state index is 5.74. The predicted octanol–water partition coefficient (Wildman–Crippen LogP) is 3.75. The van der Waals surface area contributed by atoms with Crippen LogP contribution in [-0.4, -0.2) is 11.6 Å². The van der Waals surface area contributed by atoms with Gasteiger partial charge in [0.1, 0.15) is 5.75 Å². The number of aromatic nitrogens is 1. The maximum Gasteiger partial charge on any atom is 0.127 e. The van der Waals surface area contributed by atoms with Gasteiger partial charge in [-0.1, -0.05) is 15.9 Å². The second kappa shape index (κ2) is 5.84. The molecule has 3 nitrogen and oxygen atoms in total. The van der Waals surface area contributed by atoms with E-state index in [1.54, 1.807) is 11.3 Å². The molecule has 1 aliphatic rings. The molecule has 0 radical (unpaired) electrons. The molecule has 1 N–H and O–H groups in total. The average Bonchev–Trinajstić information content (AvgIpc) is 2.96. The van der Waals surface area contributed by atoms with Crippen LogP contribution >= 0.6 is 27.3 Å². The fraction of sp³-hybridized carbons (Fsp3) is 0.400. The quantitative estimate of drug-likeness (QED) is 0.909. The van der Waals surface area contributed by atoms with E-state index in [1.165, 1.54) is 16.0 Å². The molecular weight excluding hydrogens is 336 g/mol. The van der Waals surface area contributed by atoms with Crippen molar-refractivity contribution in [3.8, 4) is 5.75 Å². The molecule has 0 unspecified atom stereocenters. The largest absolute Gasteiger partial charge is 0.493 e. The highest BCUT2D eigenvalue weighted by atomic mass is 79.9. The molecule has 3 rings (SSSR count). The Morgan fingerprint density at radius 2 is 2.20 bits per heavy atom. The first-order chi connectivity index (χ1) is 9.63. The molecule has 1 aromatic heterocycles. The van der Waals surface area contributed by atoms with Gasteiger partial charge in [0, 0.05) is 34.4 Å². The zero-order chi connectivity index (χ0) is 14.1. The number of nitrogens with zero attached hydrogens (tertiary/aromatic N) is 1. The van der Waals surface area contributed by atoms with E-state index in [4.69, 9.17) is 4.74 Å². The van der Waals surface area contributed by atoms with Gasteiger partial charge in [-0.05, 0) is 31.5 Å². The number of fused-ring (bicyclic) bond motifs is 1. The van der Waals surface area contributed by atoms with Crippen LogP contribution in [0.25, 0.3) is 0 Å². The lowest BCUT2D eigenvalue weighted by Gasteiger charge is -2.10. The second-order valence-corrected chi connectivity index (χ2v) is 7.20. The van der Waals surface area contributed by atoms with Crippen molar-refractivity contribution in [3.05, 3.63) is 43.3 Å². The summed E-state index contributed by atoms with van der Waals surface area (Å²) in [6, 6.07) is 4.30. The minimum absolute atomic E-state index is 0.798. The Balaban J connectivity index is 1.69. The maximum absolute atomic E-state index is 5.74. The molecule has 0 atom stereocenters. The molecule has 106 valence electrons. The van der Waals surface area contributed by atoms with Crippen LogP contribution in [0.4, 0.5) is 0 Å². The minimum Gasteiger partial charge on any atom is -0.493 e. The third kappa shape index (κ3) is 2.90. The Bertz CT molecular complexity index is 639. The topological polar surface area (TPSA) is 34.2 Å². The van der Waals surface area contributed by atoms with Crippen LogP contribution in [0.2, 0.25) is 0 Å². The molecule has 5 heteroatoms. The van der Waals surface area contributed by atoms with Crippen LogP contribution in [-0.2, 0) is 19.5 Å². The van der Waals surface area contributed by atoms with E-state index in [9.17, 15) is 0 Å². The van der Waals surface area contributed by atoms with Gasteiger partial charge in [-0.2, -0.15) is 0 Å². The van der Waals surface area contributed by atoms with Crippen LogP contribution in [0.5, 0.6) is 5.75 Å². The summed E-state index contributed by atoms with van der Waals surface area (Å²) in [5.41, 5.74) is 3.67. The number of hydrogen-bond donors (Lipinski definition) is 1. The van der Waals surface area contributed by atoms with Crippen LogP contribution < -0.4 is 10.1 Å². The molecule has 0 saturated heterocycles. The van der Waals surface area contributed by atoms with Gasteiger partial charge in [-0.25, -0.2) is 4.98 Å². The van der Waals surface area contributed by atoms with Gasteiger partial charge in [-0.3, -0.25) is 0 Å². The Morgan fingerprint density at radius 1 is 1.35 bits per heavy atom. The predicted molar refractivity (Wildman–Crippen MR) is 85.5 cm³/mol. The Labute approximate surface area is 131 Å². The van der Waals surface area contributed by atoms with Crippen LogP contribution in [0.1, 0.15) is 26.7 Å². The molecule has 0 aliphatic carbocycles. The van der Waals surface area contributed by atoms with Gasteiger partial charge in [-0.15, -0.1) is 11.3 Å². The van der Waals surface area contributed by atoms with E-state index < -0.39 is 0 Å². The van der Waals surface area contributed by atoms with E-state index in [2.05, 4.69) is 52.2 Å². The monoisotopic (exact) mass is 352 g/mol. The lowest BCUT2D eigenvalue weighted by atomic mass is 10.1. The van der Waals surface area contributed by atoms with Gasteiger partial charge in [0.05, 0.1) is 17.3 Å². The lowest BCUT2D eigenvalue weighted by molar-refractivity contribution is 0.352. The standard InChI is InChI=1S/C15H17BrN2OS/c1-9-14(20-10(2)18-9)8-17-7-12-6-13(16)5-11-3-4-19-15(11)12/h5-6,17H,3-4,7-8H2,1-2H3. The highest BCUT2D eigenvalue weighted by Gasteiger charge is 2.17. The highest BCUT2D eigenvalue weighted by molar-refractivity contribution is 9.10. The van der Waals surface area contributed by atoms with E-state index >= 15 is 0 Å². The molecule has 1 aliphatic heterocycles.